The van der Waals surface area contributed by atoms with Crippen molar-refractivity contribution in [2.45, 2.75) is 11.8 Å². The summed E-state index contributed by atoms with van der Waals surface area (Å²) in [5.41, 5.74) is 0.706. The van der Waals surface area contributed by atoms with Crippen molar-refractivity contribution in [3.63, 3.8) is 0 Å². The van der Waals surface area contributed by atoms with Crippen LogP contribution in [0, 0.1) is 0 Å². The van der Waals surface area contributed by atoms with Crippen molar-refractivity contribution in [2.75, 3.05) is 51.3 Å². The second-order valence-electron chi connectivity index (χ2n) is 5.27. The molecule has 0 bridgehead atoms. The van der Waals surface area contributed by atoms with E-state index in [0.29, 0.717) is 50.2 Å². The summed E-state index contributed by atoms with van der Waals surface area (Å²) in [6.45, 7) is 4.68. The first kappa shape index (κ1) is 19.1. The van der Waals surface area contributed by atoms with Gasteiger partial charge in [-0.3, -0.25) is 0 Å². The number of hydrogen-bond acceptors (Lipinski definition) is 5. The van der Waals surface area contributed by atoms with Crippen LogP contribution in [0.5, 0.6) is 0 Å². The third-order valence-electron chi connectivity index (χ3n) is 3.75. The molecule has 1 aliphatic heterocycles. The van der Waals surface area contributed by atoms with Crippen molar-refractivity contribution in [3.8, 4) is 0 Å². The van der Waals surface area contributed by atoms with E-state index in [1.807, 2.05) is 11.8 Å². The maximum absolute atomic E-state index is 12.5. The van der Waals surface area contributed by atoms with E-state index in [0.717, 1.165) is 0 Å². The summed E-state index contributed by atoms with van der Waals surface area (Å²) < 4.78 is 31.7. The van der Waals surface area contributed by atoms with E-state index in [1.165, 1.54) is 4.31 Å². The molecule has 0 aliphatic carbocycles. The summed E-state index contributed by atoms with van der Waals surface area (Å²) in [7, 11) is -3.49. The molecule has 1 aromatic carbocycles. The van der Waals surface area contributed by atoms with Gasteiger partial charge in [0.15, 0.2) is 5.11 Å². The molecule has 1 aromatic rings. The highest BCUT2D eigenvalue weighted by Gasteiger charge is 2.26. The summed E-state index contributed by atoms with van der Waals surface area (Å²) in [5.74, 6) is 0. The van der Waals surface area contributed by atoms with Crippen LogP contribution in [-0.4, -0.2) is 73.8 Å². The number of thiocarbonyl (C=S) groups is 1. The smallest absolute Gasteiger partial charge is 0.243 e. The molecule has 24 heavy (non-hydrogen) atoms. The van der Waals surface area contributed by atoms with Crippen LogP contribution in [-0.2, 0) is 14.8 Å². The second-order valence-corrected chi connectivity index (χ2v) is 7.60. The Morgan fingerprint density at radius 2 is 1.96 bits per heavy atom. The van der Waals surface area contributed by atoms with Gasteiger partial charge in [-0.25, -0.2) is 8.42 Å². The van der Waals surface area contributed by atoms with E-state index in [9.17, 15) is 8.42 Å². The molecule has 9 heteroatoms. The minimum atomic E-state index is -3.49. The summed E-state index contributed by atoms with van der Waals surface area (Å²) in [4.78, 5) is 2.08. The SMILES string of the molecule is CCN(CCO)C(=S)Nc1ccc(S(=O)(=O)N2CCOCC2)cc1. The highest BCUT2D eigenvalue weighted by atomic mass is 32.2. The van der Waals surface area contributed by atoms with Crippen LogP contribution < -0.4 is 5.32 Å². The molecule has 0 saturated carbocycles. The van der Waals surface area contributed by atoms with Gasteiger partial charge in [0.05, 0.1) is 24.7 Å². The Kier molecular flexibility index (Phi) is 6.93. The molecular weight excluding hydrogens is 350 g/mol. The Bertz CT molecular complexity index is 643. The Morgan fingerprint density at radius 3 is 2.50 bits per heavy atom. The van der Waals surface area contributed by atoms with Crippen molar-refractivity contribution >= 4 is 33.0 Å². The third-order valence-corrected chi connectivity index (χ3v) is 6.03. The van der Waals surface area contributed by atoms with Gasteiger partial charge >= 0.3 is 0 Å². The lowest BCUT2D eigenvalue weighted by molar-refractivity contribution is 0.0730. The maximum atomic E-state index is 12.5. The Labute approximate surface area is 148 Å². The highest BCUT2D eigenvalue weighted by molar-refractivity contribution is 7.89. The molecule has 7 nitrogen and oxygen atoms in total. The quantitative estimate of drug-likeness (QED) is 0.711. The Balaban J connectivity index is 2.06. The average Bonchev–Trinajstić information content (AvgIpc) is 2.60. The van der Waals surface area contributed by atoms with Crippen molar-refractivity contribution in [1.29, 1.82) is 0 Å². The second kappa shape index (κ2) is 8.72. The molecular formula is C15H23N3O4S2. The Hall–Kier alpha value is -1.26. The van der Waals surface area contributed by atoms with Crippen molar-refractivity contribution in [1.82, 2.24) is 9.21 Å². The van der Waals surface area contributed by atoms with E-state index < -0.39 is 10.0 Å². The van der Waals surface area contributed by atoms with Crippen LogP contribution >= 0.6 is 12.2 Å². The van der Waals surface area contributed by atoms with Crippen molar-refractivity contribution in [2.24, 2.45) is 0 Å². The first-order valence-electron chi connectivity index (χ1n) is 7.83. The number of ether oxygens (including phenoxy) is 1. The molecule has 0 amide bonds. The van der Waals surface area contributed by atoms with Crippen LogP contribution in [0.2, 0.25) is 0 Å². The molecule has 1 fully saturated rings. The number of nitrogens with zero attached hydrogens (tertiary/aromatic N) is 2. The fourth-order valence-corrected chi connectivity index (χ4v) is 4.12. The van der Waals surface area contributed by atoms with E-state index in [-0.39, 0.29) is 11.5 Å². The number of anilines is 1. The normalized spacial score (nSPS) is 15.9. The lowest BCUT2D eigenvalue weighted by atomic mass is 10.3. The van der Waals surface area contributed by atoms with E-state index >= 15 is 0 Å². The molecule has 1 aliphatic rings. The highest BCUT2D eigenvalue weighted by Crippen LogP contribution is 2.19. The van der Waals surface area contributed by atoms with Gasteiger partial charge in [-0.1, -0.05) is 0 Å². The number of hydrogen-bond donors (Lipinski definition) is 2. The van der Waals surface area contributed by atoms with Gasteiger partial charge in [-0.2, -0.15) is 4.31 Å². The summed E-state index contributed by atoms with van der Waals surface area (Å²) in [5, 5.41) is 12.6. The molecule has 1 heterocycles. The molecule has 2 rings (SSSR count). The molecule has 2 N–H and O–H groups in total. The van der Waals surface area contributed by atoms with Gasteiger partial charge in [0.2, 0.25) is 10.0 Å². The number of aliphatic hydroxyl groups is 1. The van der Waals surface area contributed by atoms with Crippen LogP contribution in [0.15, 0.2) is 29.2 Å². The zero-order valence-corrected chi connectivity index (χ0v) is 15.3. The number of benzene rings is 1. The molecule has 1 saturated heterocycles. The Morgan fingerprint density at radius 1 is 1.33 bits per heavy atom. The van der Waals surface area contributed by atoms with Gasteiger partial charge in [0.25, 0.3) is 0 Å². The molecule has 0 radical (unpaired) electrons. The lowest BCUT2D eigenvalue weighted by Gasteiger charge is -2.26. The minimum absolute atomic E-state index is 0.0202. The van der Waals surface area contributed by atoms with Crippen LogP contribution in [0.4, 0.5) is 5.69 Å². The fourth-order valence-electron chi connectivity index (χ4n) is 2.37. The fraction of sp³-hybridized carbons (Fsp3) is 0.533. The number of morpholine rings is 1. The summed E-state index contributed by atoms with van der Waals surface area (Å²) in [6.07, 6.45) is 0. The minimum Gasteiger partial charge on any atom is -0.395 e. The molecule has 134 valence electrons. The number of likely N-dealkylation sites (N-methyl/N-ethyl adjacent to an activating group) is 1. The van der Waals surface area contributed by atoms with E-state index in [4.69, 9.17) is 22.1 Å². The zero-order chi connectivity index (χ0) is 17.6. The largest absolute Gasteiger partial charge is 0.395 e. The molecule has 0 atom stereocenters. The van der Waals surface area contributed by atoms with Gasteiger partial charge in [0, 0.05) is 31.9 Å². The predicted molar refractivity (Wildman–Crippen MR) is 96.6 cm³/mol. The first-order chi connectivity index (χ1) is 11.5. The monoisotopic (exact) mass is 373 g/mol. The number of aliphatic hydroxyl groups excluding tert-OH is 1. The molecule has 0 spiro atoms. The predicted octanol–water partition coefficient (Wildman–Crippen LogP) is 0.718. The standard InChI is InChI=1S/C15H23N3O4S2/c1-2-17(7-10-19)15(23)16-13-3-5-14(6-4-13)24(20,21)18-8-11-22-12-9-18/h3-6,19H,2,7-12H2,1H3,(H,16,23). The summed E-state index contributed by atoms with van der Waals surface area (Å²) in [6, 6.07) is 6.51. The third kappa shape index (κ3) is 4.64. The average molecular weight is 374 g/mol. The summed E-state index contributed by atoms with van der Waals surface area (Å²) >= 11 is 5.29. The van der Waals surface area contributed by atoms with Crippen LogP contribution in [0.25, 0.3) is 0 Å². The van der Waals surface area contributed by atoms with Crippen LogP contribution in [0.3, 0.4) is 0 Å². The first-order valence-corrected chi connectivity index (χ1v) is 9.68. The van der Waals surface area contributed by atoms with E-state index in [1.54, 1.807) is 24.3 Å². The van der Waals surface area contributed by atoms with Gasteiger partial charge in [-0.15, -0.1) is 0 Å². The zero-order valence-electron chi connectivity index (χ0n) is 13.6. The molecule has 0 unspecified atom stereocenters. The van der Waals surface area contributed by atoms with Gasteiger partial charge in [0.1, 0.15) is 0 Å². The van der Waals surface area contributed by atoms with Crippen molar-refractivity contribution < 1.29 is 18.3 Å². The number of sulfonamides is 1. The number of nitrogens with one attached hydrogen (secondary N) is 1. The number of rotatable bonds is 6. The topological polar surface area (TPSA) is 82.1 Å². The lowest BCUT2D eigenvalue weighted by Crippen LogP contribution is -2.40. The van der Waals surface area contributed by atoms with Crippen molar-refractivity contribution in [3.05, 3.63) is 24.3 Å². The van der Waals surface area contributed by atoms with E-state index in [2.05, 4.69) is 5.32 Å². The molecule has 0 aromatic heterocycles. The van der Waals surface area contributed by atoms with Crippen LogP contribution in [0.1, 0.15) is 6.92 Å². The van der Waals surface area contributed by atoms with Gasteiger partial charge < -0.3 is 20.1 Å². The van der Waals surface area contributed by atoms with Gasteiger partial charge in [-0.05, 0) is 43.4 Å². The maximum Gasteiger partial charge on any atom is 0.243 e.